The molecule has 0 bridgehead atoms. The average Bonchev–Trinajstić information content (AvgIpc) is 2.59. The molecule has 0 spiro atoms. The first-order valence-corrected chi connectivity index (χ1v) is 8.27. The topological polar surface area (TPSA) is 93.9 Å². The van der Waals surface area contributed by atoms with E-state index in [0.29, 0.717) is 19.8 Å². The molecule has 0 aliphatic carbocycles. The molecule has 1 aliphatic heterocycles. The van der Waals surface area contributed by atoms with Gasteiger partial charge in [-0.2, -0.15) is 0 Å². The lowest BCUT2D eigenvalue weighted by molar-refractivity contribution is -0.385. The molecule has 0 atom stereocenters. The van der Waals surface area contributed by atoms with Crippen LogP contribution >= 0.6 is 0 Å². The highest BCUT2D eigenvalue weighted by molar-refractivity contribution is 5.77. The molecule has 8 heteroatoms. The fraction of sp³-hybridized carbons (Fsp3) is 0.588. The zero-order chi connectivity index (χ0) is 18.4. The molecule has 1 aliphatic rings. The van der Waals surface area contributed by atoms with Crippen LogP contribution in [0.5, 0.6) is 5.75 Å². The van der Waals surface area contributed by atoms with Crippen molar-refractivity contribution in [3.8, 4) is 5.75 Å². The third kappa shape index (κ3) is 5.40. The molecule has 0 saturated carbocycles. The predicted octanol–water partition coefficient (Wildman–Crippen LogP) is 1.51. The van der Waals surface area contributed by atoms with Gasteiger partial charge in [0.2, 0.25) is 0 Å². The van der Waals surface area contributed by atoms with Crippen LogP contribution in [0.25, 0.3) is 0 Å². The molecule has 0 radical (unpaired) electrons. The van der Waals surface area contributed by atoms with Crippen LogP contribution in [0.1, 0.15) is 19.4 Å². The van der Waals surface area contributed by atoms with E-state index in [1.807, 2.05) is 6.92 Å². The summed E-state index contributed by atoms with van der Waals surface area (Å²) in [6, 6.07) is 4.57. The van der Waals surface area contributed by atoms with Crippen molar-refractivity contribution in [2.75, 3.05) is 39.5 Å². The van der Waals surface area contributed by atoms with Gasteiger partial charge >= 0.3 is 5.69 Å². The highest BCUT2D eigenvalue weighted by Gasteiger charge is 2.28. The molecule has 138 valence electrons. The van der Waals surface area contributed by atoms with Gasteiger partial charge in [0.1, 0.15) is 0 Å². The Bertz CT molecular complexity index is 627. The Morgan fingerprint density at radius 2 is 2.08 bits per heavy atom. The summed E-state index contributed by atoms with van der Waals surface area (Å²) in [6.45, 7) is 9.17. The third-order valence-corrected chi connectivity index (χ3v) is 4.26. The molecule has 1 N–H and O–H groups in total. The molecule has 1 fully saturated rings. The Morgan fingerprint density at radius 1 is 1.40 bits per heavy atom. The van der Waals surface area contributed by atoms with E-state index < -0.39 is 4.92 Å². The van der Waals surface area contributed by atoms with Crippen molar-refractivity contribution in [2.24, 2.45) is 0 Å². The number of hydrogen-bond donors (Lipinski definition) is 1. The molecule has 1 saturated heterocycles. The van der Waals surface area contributed by atoms with Crippen molar-refractivity contribution >= 4 is 11.6 Å². The molecular formula is C17H25N3O5. The fourth-order valence-electron chi connectivity index (χ4n) is 2.68. The van der Waals surface area contributed by atoms with Crippen LogP contribution in [0.4, 0.5) is 5.69 Å². The number of rotatable bonds is 7. The number of carbonyl (C=O) groups excluding carboxylic acids is 1. The zero-order valence-electron chi connectivity index (χ0n) is 14.9. The molecule has 1 aromatic carbocycles. The number of nitrogens with zero attached hydrogens (tertiary/aromatic N) is 2. The van der Waals surface area contributed by atoms with Crippen LogP contribution < -0.4 is 10.1 Å². The first kappa shape index (κ1) is 19.1. The van der Waals surface area contributed by atoms with Gasteiger partial charge in [0.25, 0.3) is 5.91 Å². The van der Waals surface area contributed by atoms with Gasteiger partial charge in [0, 0.05) is 31.2 Å². The summed E-state index contributed by atoms with van der Waals surface area (Å²) in [7, 11) is 0. The normalized spacial score (nSPS) is 15.6. The molecule has 25 heavy (non-hydrogen) atoms. The van der Waals surface area contributed by atoms with Crippen molar-refractivity contribution in [3.05, 3.63) is 33.9 Å². The van der Waals surface area contributed by atoms with Gasteiger partial charge in [-0.25, -0.2) is 0 Å². The van der Waals surface area contributed by atoms with Crippen LogP contribution in [-0.2, 0) is 9.53 Å². The Labute approximate surface area is 147 Å². The maximum Gasteiger partial charge on any atom is 0.310 e. The minimum Gasteiger partial charge on any atom is -0.477 e. The zero-order valence-corrected chi connectivity index (χ0v) is 14.9. The monoisotopic (exact) mass is 351 g/mol. The molecule has 0 unspecified atom stereocenters. The molecule has 1 amide bonds. The second-order valence-corrected chi connectivity index (χ2v) is 6.71. The molecule has 2 rings (SSSR count). The summed E-state index contributed by atoms with van der Waals surface area (Å²) in [6.07, 6.45) is 0. The van der Waals surface area contributed by atoms with E-state index >= 15 is 0 Å². The van der Waals surface area contributed by atoms with Crippen LogP contribution in [0.15, 0.2) is 18.2 Å². The second kappa shape index (κ2) is 8.26. The van der Waals surface area contributed by atoms with E-state index in [9.17, 15) is 14.9 Å². The summed E-state index contributed by atoms with van der Waals surface area (Å²) in [5.41, 5.74) is 0.482. The molecule has 8 nitrogen and oxygen atoms in total. The summed E-state index contributed by atoms with van der Waals surface area (Å²) in [4.78, 5) is 24.8. The Hall–Kier alpha value is -2.19. The summed E-state index contributed by atoms with van der Waals surface area (Å²) in [5.74, 6) is -0.204. The minimum absolute atomic E-state index is 0.104. The molecule has 1 aromatic rings. The molecule has 0 aromatic heterocycles. The van der Waals surface area contributed by atoms with E-state index in [1.54, 1.807) is 12.1 Å². The lowest BCUT2D eigenvalue weighted by Crippen LogP contribution is -2.55. The van der Waals surface area contributed by atoms with Gasteiger partial charge in [-0.15, -0.1) is 0 Å². The van der Waals surface area contributed by atoms with Crippen molar-refractivity contribution < 1.29 is 19.2 Å². The van der Waals surface area contributed by atoms with Crippen LogP contribution in [0.3, 0.4) is 0 Å². The minimum atomic E-state index is -0.520. The Balaban J connectivity index is 1.86. The highest BCUT2D eigenvalue weighted by atomic mass is 16.6. The Kier molecular flexibility index (Phi) is 6.33. The van der Waals surface area contributed by atoms with Gasteiger partial charge in [-0.3, -0.25) is 19.8 Å². The van der Waals surface area contributed by atoms with Gasteiger partial charge in [0.05, 0.1) is 18.1 Å². The predicted molar refractivity (Wildman–Crippen MR) is 92.8 cm³/mol. The smallest absolute Gasteiger partial charge is 0.310 e. The first-order chi connectivity index (χ1) is 11.8. The van der Waals surface area contributed by atoms with E-state index in [4.69, 9.17) is 9.47 Å². The number of aryl methyl sites for hydroxylation is 1. The number of nitro benzene ring substituents is 1. The fourth-order valence-corrected chi connectivity index (χ4v) is 2.68. The lowest BCUT2D eigenvalue weighted by atomic mass is 10.0. The number of nitrogens with one attached hydrogen (secondary N) is 1. The SMILES string of the molecule is Cc1ccc([N+](=O)[O-])c(OCC(=O)NCC(C)(C)N2CCOCC2)c1. The second-order valence-electron chi connectivity index (χ2n) is 6.71. The largest absolute Gasteiger partial charge is 0.477 e. The summed E-state index contributed by atoms with van der Waals surface area (Å²) >= 11 is 0. The summed E-state index contributed by atoms with van der Waals surface area (Å²) in [5, 5.41) is 13.9. The van der Waals surface area contributed by atoms with Crippen LogP contribution in [0, 0.1) is 17.0 Å². The number of amides is 1. The number of benzene rings is 1. The molecular weight excluding hydrogens is 326 g/mol. The number of nitro groups is 1. The maximum absolute atomic E-state index is 12.1. The van der Waals surface area contributed by atoms with Crippen molar-refractivity contribution in [1.82, 2.24) is 10.2 Å². The average molecular weight is 351 g/mol. The quantitative estimate of drug-likeness (QED) is 0.591. The van der Waals surface area contributed by atoms with Crippen LogP contribution in [0.2, 0.25) is 0 Å². The Morgan fingerprint density at radius 3 is 2.72 bits per heavy atom. The lowest BCUT2D eigenvalue weighted by Gasteiger charge is -2.40. The van der Waals surface area contributed by atoms with Crippen LogP contribution in [-0.4, -0.2) is 60.7 Å². The number of hydrogen-bond acceptors (Lipinski definition) is 6. The first-order valence-electron chi connectivity index (χ1n) is 8.27. The molecule has 1 heterocycles. The van der Waals surface area contributed by atoms with E-state index in [0.717, 1.165) is 18.7 Å². The van der Waals surface area contributed by atoms with Crippen molar-refractivity contribution in [3.63, 3.8) is 0 Å². The summed E-state index contributed by atoms with van der Waals surface area (Å²) < 4.78 is 10.7. The standard InChI is InChI=1S/C17H25N3O5/c1-13-4-5-14(20(22)23)15(10-13)25-11-16(21)18-12-17(2,3)19-6-8-24-9-7-19/h4-5,10H,6-9,11-12H2,1-3H3,(H,18,21). The van der Waals surface area contributed by atoms with Gasteiger partial charge in [-0.1, -0.05) is 6.07 Å². The van der Waals surface area contributed by atoms with E-state index in [-0.39, 0.29) is 29.5 Å². The van der Waals surface area contributed by atoms with Gasteiger partial charge in [0.15, 0.2) is 12.4 Å². The number of carbonyl (C=O) groups is 1. The van der Waals surface area contributed by atoms with E-state index in [2.05, 4.69) is 24.1 Å². The third-order valence-electron chi connectivity index (χ3n) is 4.26. The number of ether oxygens (including phenoxy) is 2. The van der Waals surface area contributed by atoms with Gasteiger partial charge in [-0.05, 0) is 32.4 Å². The van der Waals surface area contributed by atoms with Crippen molar-refractivity contribution in [1.29, 1.82) is 0 Å². The van der Waals surface area contributed by atoms with E-state index in [1.165, 1.54) is 6.07 Å². The van der Waals surface area contributed by atoms with Gasteiger partial charge < -0.3 is 14.8 Å². The highest BCUT2D eigenvalue weighted by Crippen LogP contribution is 2.27. The van der Waals surface area contributed by atoms with Crippen molar-refractivity contribution in [2.45, 2.75) is 26.3 Å². The number of morpholine rings is 1. The maximum atomic E-state index is 12.1.